The Labute approximate surface area is 146 Å². The minimum Gasteiger partial charge on any atom is -0.394 e. The number of hydrogen-bond acceptors (Lipinski definition) is 2. The van der Waals surface area contributed by atoms with E-state index in [0.717, 1.165) is 12.8 Å². The molecule has 0 unspecified atom stereocenters. The molecular weight excluding hydrogens is 359 g/mol. The molecule has 144 valence electrons. The van der Waals surface area contributed by atoms with Gasteiger partial charge < -0.3 is 8.85 Å². The van der Waals surface area contributed by atoms with Gasteiger partial charge in [0.15, 0.2) is 23.3 Å². The Balaban J connectivity index is 2.88. The van der Waals surface area contributed by atoms with E-state index in [1.165, 1.54) is 0 Å². The lowest BCUT2D eigenvalue weighted by Gasteiger charge is -2.29. The minimum absolute atomic E-state index is 0.448. The van der Waals surface area contributed by atoms with Crippen molar-refractivity contribution in [2.24, 2.45) is 5.92 Å². The van der Waals surface area contributed by atoms with E-state index in [-0.39, 0.29) is 0 Å². The van der Waals surface area contributed by atoms with Gasteiger partial charge in [-0.3, -0.25) is 0 Å². The Morgan fingerprint density at radius 3 is 1.72 bits per heavy atom. The van der Waals surface area contributed by atoms with Crippen LogP contribution >= 0.6 is 0 Å². The van der Waals surface area contributed by atoms with Crippen molar-refractivity contribution in [2.75, 3.05) is 6.61 Å². The Morgan fingerprint density at radius 1 is 0.800 bits per heavy atom. The molecule has 0 amide bonds. The molecule has 0 heterocycles. The molecule has 0 radical (unpaired) electrons. The zero-order valence-electron chi connectivity index (χ0n) is 15.0. The van der Waals surface area contributed by atoms with Crippen molar-refractivity contribution in [3.63, 3.8) is 0 Å². The largest absolute Gasteiger partial charge is 0.394 e. The summed E-state index contributed by atoms with van der Waals surface area (Å²) in [7, 11) is -2.76. The molecule has 0 fully saturated rings. The average molecular weight is 384 g/mol. The summed E-state index contributed by atoms with van der Waals surface area (Å²) in [6.07, 6.45) is 1.79. The van der Waals surface area contributed by atoms with Crippen molar-refractivity contribution in [1.82, 2.24) is 0 Å². The lowest BCUT2D eigenvalue weighted by molar-refractivity contribution is 0.152. The maximum absolute atomic E-state index is 13.8. The standard InChI is InChI=1S/C17H25F5O2Si/c1-5-25(6-2,23-9-7-8-11(3)4)24-10-12-13(18)15(20)17(22)16(21)14(12)19/h11H,5-10H2,1-4H3. The van der Waals surface area contributed by atoms with Crippen molar-refractivity contribution in [3.05, 3.63) is 34.6 Å². The average Bonchev–Trinajstić information content (AvgIpc) is 2.60. The summed E-state index contributed by atoms with van der Waals surface area (Å²) >= 11 is 0. The first-order valence-electron chi connectivity index (χ1n) is 8.47. The lowest BCUT2D eigenvalue weighted by atomic mass is 10.1. The van der Waals surface area contributed by atoms with Gasteiger partial charge >= 0.3 is 8.56 Å². The van der Waals surface area contributed by atoms with Gasteiger partial charge in [-0.15, -0.1) is 0 Å². The Kier molecular flexibility index (Phi) is 8.50. The van der Waals surface area contributed by atoms with E-state index >= 15 is 0 Å². The summed E-state index contributed by atoms with van der Waals surface area (Å²) in [5, 5.41) is 0. The highest BCUT2D eigenvalue weighted by molar-refractivity contribution is 6.67. The molecule has 0 saturated heterocycles. The van der Waals surface area contributed by atoms with Crippen molar-refractivity contribution in [1.29, 1.82) is 0 Å². The zero-order chi connectivity index (χ0) is 19.2. The van der Waals surface area contributed by atoms with Crippen LogP contribution in [0.5, 0.6) is 0 Å². The summed E-state index contributed by atoms with van der Waals surface area (Å²) in [5.41, 5.74) is -0.957. The predicted molar refractivity (Wildman–Crippen MR) is 87.8 cm³/mol. The second-order valence-corrected chi connectivity index (χ2v) is 10.2. The minimum atomic E-state index is -2.76. The highest BCUT2D eigenvalue weighted by atomic mass is 28.4. The van der Waals surface area contributed by atoms with Crippen molar-refractivity contribution < 1.29 is 30.8 Å². The molecule has 1 aromatic carbocycles. The highest BCUT2D eigenvalue weighted by Gasteiger charge is 2.35. The quantitative estimate of drug-likeness (QED) is 0.166. The Morgan fingerprint density at radius 2 is 1.28 bits per heavy atom. The van der Waals surface area contributed by atoms with E-state index in [1.54, 1.807) is 0 Å². The fraction of sp³-hybridized carbons (Fsp3) is 0.647. The summed E-state index contributed by atoms with van der Waals surface area (Å²) in [5.74, 6) is -9.28. The fourth-order valence-corrected chi connectivity index (χ4v) is 4.75. The van der Waals surface area contributed by atoms with Crippen molar-refractivity contribution in [3.8, 4) is 0 Å². The molecule has 2 nitrogen and oxygen atoms in total. The third-order valence-corrected chi connectivity index (χ3v) is 7.70. The lowest BCUT2D eigenvalue weighted by Crippen LogP contribution is -2.41. The topological polar surface area (TPSA) is 18.5 Å². The van der Waals surface area contributed by atoms with E-state index in [2.05, 4.69) is 13.8 Å². The van der Waals surface area contributed by atoms with Gasteiger partial charge in [-0.2, -0.15) is 0 Å². The Hall–Kier alpha value is -0.993. The molecule has 0 N–H and O–H groups in total. The first kappa shape index (κ1) is 22.0. The molecule has 0 aromatic heterocycles. The van der Waals surface area contributed by atoms with Crippen LogP contribution in [0.2, 0.25) is 12.1 Å². The number of benzene rings is 1. The van der Waals surface area contributed by atoms with E-state index in [9.17, 15) is 22.0 Å². The van der Waals surface area contributed by atoms with Crippen LogP contribution in [0.1, 0.15) is 46.1 Å². The molecule has 1 aromatic rings. The first-order valence-corrected chi connectivity index (χ1v) is 10.7. The van der Waals surface area contributed by atoms with E-state index in [4.69, 9.17) is 8.85 Å². The van der Waals surface area contributed by atoms with Gasteiger partial charge in [0.1, 0.15) is 0 Å². The van der Waals surface area contributed by atoms with Crippen LogP contribution in [0.25, 0.3) is 0 Å². The van der Waals surface area contributed by atoms with Crippen molar-refractivity contribution >= 4 is 8.56 Å². The van der Waals surface area contributed by atoms with Crippen LogP contribution < -0.4 is 0 Å². The van der Waals surface area contributed by atoms with Crippen LogP contribution in [-0.2, 0) is 15.5 Å². The zero-order valence-corrected chi connectivity index (χ0v) is 16.0. The molecule has 8 heteroatoms. The molecule has 0 atom stereocenters. The van der Waals surface area contributed by atoms with Crippen LogP contribution in [0.3, 0.4) is 0 Å². The van der Waals surface area contributed by atoms with Gasteiger partial charge in [-0.05, 0) is 30.8 Å². The van der Waals surface area contributed by atoms with Gasteiger partial charge in [-0.1, -0.05) is 27.7 Å². The SMILES string of the molecule is CC[Si](CC)(OCCCC(C)C)OCc1c(F)c(F)c(F)c(F)c1F. The van der Waals surface area contributed by atoms with Gasteiger partial charge in [0.2, 0.25) is 5.82 Å². The van der Waals surface area contributed by atoms with E-state index in [1.807, 2.05) is 13.8 Å². The molecule has 0 spiro atoms. The van der Waals surface area contributed by atoms with Crippen molar-refractivity contribution in [2.45, 2.75) is 59.2 Å². The Bertz CT molecular complexity index is 548. The van der Waals surface area contributed by atoms with E-state index < -0.39 is 49.8 Å². The van der Waals surface area contributed by atoms with Crippen LogP contribution in [0, 0.1) is 35.0 Å². The fourth-order valence-electron chi connectivity index (χ4n) is 2.43. The van der Waals surface area contributed by atoms with Gasteiger partial charge in [0.05, 0.1) is 12.2 Å². The second-order valence-electron chi connectivity index (χ2n) is 6.34. The maximum Gasteiger partial charge on any atom is 0.337 e. The van der Waals surface area contributed by atoms with Crippen LogP contribution in [0.4, 0.5) is 22.0 Å². The van der Waals surface area contributed by atoms with Crippen LogP contribution in [-0.4, -0.2) is 15.2 Å². The number of rotatable bonds is 10. The van der Waals surface area contributed by atoms with Gasteiger partial charge in [0.25, 0.3) is 0 Å². The number of hydrogen-bond donors (Lipinski definition) is 0. The van der Waals surface area contributed by atoms with Gasteiger partial charge in [0, 0.05) is 6.61 Å². The molecule has 0 aliphatic rings. The third-order valence-electron chi connectivity index (χ3n) is 4.15. The molecule has 1 rings (SSSR count). The molecule has 0 aliphatic heterocycles. The van der Waals surface area contributed by atoms with Crippen LogP contribution in [0.15, 0.2) is 0 Å². The smallest absolute Gasteiger partial charge is 0.337 e. The normalized spacial score (nSPS) is 12.2. The third kappa shape index (κ3) is 5.49. The predicted octanol–water partition coefficient (Wildman–Crippen LogP) is 5.83. The summed E-state index contributed by atoms with van der Waals surface area (Å²) < 4.78 is 78.6. The number of halogens is 5. The maximum atomic E-state index is 13.8. The van der Waals surface area contributed by atoms with Gasteiger partial charge in [-0.25, -0.2) is 22.0 Å². The molecular formula is C17H25F5O2Si. The first-order chi connectivity index (χ1) is 11.7. The molecule has 0 bridgehead atoms. The summed E-state index contributed by atoms with van der Waals surface area (Å²) in [6.45, 7) is 7.58. The summed E-state index contributed by atoms with van der Waals surface area (Å²) in [6, 6.07) is 1.03. The highest BCUT2D eigenvalue weighted by Crippen LogP contribution is 2.27. The molecule has 25 heavy (non-hydrogen) atoms. The van der Waals surface area contributed by atoms with E-state index in [0.29, 0.717) is 24.6 Å². The molecule has 0 aliphatic carbocycles. The summed E-state index contributed by atoms with van der Waals surface area (Å²) in [4.78, 5) is 0. The monoisotopic (exact) mass is 384 g/mol. The molecule has 0 saturated carbocycles. The second kappa shape index (κ2) is 9.63.